The molecule has 0 aliphatic carbocycles. The number of hydrogen-bond acceptors (Lipinski definition) is 6. The number of para-hydroxylation sites is 1. The summed E-state index contributed by atoms with van der Waals surface area (Å²) in [6, 6.07) is 21.3. The largest absolute Gasteiger partial charge is 0.490 e. The lowest BCUT2D eigenvalue weighted by Gasteiger charge is -2.18. The summed E-state index contributed by atoms with van der Waals surface area (Å²) in [6.45, 7) is 1.04. The van der Waals surface area contributed by atoms with Crippen LogP contribution in [-0.4, -0.2) is 26.6 Å². The molecule has 3 aromatic carbocycles. The number of nitrogens with zero attached hydrogens (tertiary/aromatic N) is 1. The topological polar surface area (TPSA) is 77.5 Å². The molecule has 8 heteroatoms. The van der Waals surface area contributed by atoms with E-state index >= 15 is 0 Å². The summed E-state index contributed by atoms with van der Waals surface area (Å²) in [5.74, 6) is 0.999. The van der Waals surface area contributed by atoms with Gasteiger partial charge in [0.2, 0.25) is 10.0 Å². The minimum atomic E-state index is -3.86. The van der Waals surface area contributed by atoms with Gasteiger partial charge >= 0.3 is 0 Å². The van der Waals surface area contributed by atoms with Gasteiger partial charge in [0.05, 0.1) is 34.4 Å². The minimum absolute atomic E-state index is 0.124. The molecule has 158 valence electrons. The van der Waals surface area contributed by atoms with Gasteiger partial charge in [-0.05, 0) is 29.8 Å². The minimum Gasteiger partial charge on any atom is -0.490 e. The summed E-state index contributed by atoms with van der Waals surface area (Å²) in [4.78, 5) is 4.82. The second-order valence-electron chi connectivity index (χ2n) is 7.14. The van der Waals surface area contributed by atoms with Crippen LogP contribution in [-0.2, 0) is 10.0 Å². The van der Waals surface area contributed by atoms with Crippen molar-refractivity contribution in [3.05, 3.63) is 83.4 Å². The first-order chi connectivity index (χ1) is 15.1. The molecule has 0 unspecified atom stereocenters. The Hall–Kier alpha value is -2.94. The number of fused-ring (bicyclic) bond motifs is 2. The lowest BCUT2D eigenvalue weighted by atomic mass is 10.1. The normalized spacial score (nSPS) is 14.8. The molecule has 1 atom stereocenters. The molecule has 4 aromatic rings. The van der Waals surface area contributed by atoms with E-state index < -0.39 is 16.1 Å². The Morgan fingerprint density at radius 2 is 1.65 bits per heavy atom. The zero-order valence-electron chi connectivity index (χ0n) is 16.5. The van der Waals surface area contributed by atoms with E-state index in [1.165, 1.54) is 23.5 Å². The van der Waals surface area contributed by atoms with Gasteiger partial charge in [0.25, 0.3) is 0 Å². The maximum absolute atomic E-state index is 13.3. The predicted molar refractivity (Wildman–Crippen MR) is 120 cm³/mol. The molecule has 31 heavy (non-hydrogen) atoms. The van der Waals surface area contributed by atoms with Crippen molar-refractivity contribution in [2.75, 3.05) is 13.2 Å². The van der Waals surface area contributed by atoms with Crippen LogP contribution in [0.25, 0.3) is 10.2 Å². The van der Waals surface area contributed by atoms with E-state index in [1.54, 1.807) is 6.07 Å². The van der Waals surface area contributed by atoms with Gasteiger partial charge in [-0.25, -0.2) is 13.4 Å². The number of aromatic nitrogens is 1. The number of hydrogen-bond donors (Lipinski definition) is 1. The second-order valence-corrected chi connectivity index (χ2v) is 9.92. The molecular formula is C23H20N2O4S2. The summed E-state index contributed by atoms with van der Waals surface area (Å²) in [7, 11) is -3.86. The van der Waals surface area contributed by atoms with Crippen LogP contribution in [0.5, 0.6) is 11.5 Å². The highest BCUT2D eigenvalue weighted by molar-refractivity contribution is 7.89. The Kier molecular flexibility index (Phi) is 5.35. The number of thiazole rings is 1. The highest BCUT2D eigenvalue weighted by atomic mass is 32.2. The van der Waals surface area contributed by atoms with Gasteiger partial charge < -0.3 is 9.47 Å². The maximum Gasteiger partial charge on any atom is 0.241 e. The van der Waals surface area contributed by atoms with Crippen LogP contribution in [0, 0.1) is 0 Å². The zero-order chi connectivity index (χ0) is 21.3. The highest BCUT2D eigenvalue weighted by Crippen LogP contribution is 2.34. The van der Waals surface area contributed by atoms with Gasteiger partial charge in [-0.2, -0.15) is 4.72 Å². The van der Waals surface area contributed by atoms with Crippen LogP contribution in [0.4, 0.5) is 0 Å². The first kappa shape index (κ1) is 20.0. The summed E-state index contributed by atoms with van der Waals surface area (Å²) in [5, 5.41) is 0.685. The molecule has 0 radical (unpaired) electrons. The molecule has 2 heterocycles. The molecule has 1 N–H and O–H groups in total. The third kappa shape index (κ3) is 4.14. The molecular weight excluding hydrogens is 432 g/mol. The number of nitrogens with one attached hydrogen (secondary N) is 1. The van der Waals surface area contributed by atoms with E-state index in [-0.39, 0.29) is 4.90 Å². The van der Waals surface area contributed by atoms with Crippen molar-refractivity contribution in [3.63, 3.8) is 0 Å². The van der Waals surface area contributed by atoms with Crippen LogP contribution in [0.1, 0.15) is 23.0 Å². The molecule has 0 spiro atoms. The Morgan fingerprint density at radius 3 is 2.45 bits per heavy atom. The fourth-order valence-electron chi connectivity index (χ4n) is 3.45. The Bertz CT molecular complexity index is 1290. The van der Waals surface area contributed by atoms with E-state index in [1.807, 2.05) is 54.6 Å². The van der Waals surface area contributed by atoms with Crippen molar-refractivity contribution in [2.24, 2.45) is 0 Å². The van der Waals surface area contributed by atoms with Gasteiger partial charge in [0.1, 0.15) is 5.01 Å². The fraction of sp³-hybridized carbons (Fsp3) is 0.174. The van der Waals surface area contributed by atoms with E-state index in [9.17, 15) is 8.42 Å². The molecule has 0 amide bonds. The second kappa shape index (κ2) is 8.30. The molecule has 1 aliphatic rings. The zero-order valence-corrected chi connectivity index (χ0v) is 18.2. The van der Waals surface area contributed by atoms with E-state index in [4.69, 9.17) is 14.5 Å². The quantitative estimate of drug-likeness (QED) is 0.482. The van der Waals surface area contributed by atoms with Gasteiger partial charge in [-0.15, -0.1) is 11.3 Å². The molecule has 1 aromatic heterocycles. The number of benzene rings is 3. The summed E-state index contributed by atoms with van der Waals surface area (Å²) >= 11 is 1.48. The standard InChI is InChI=1S/C23H20N2O4S2/c26-31(27,17-11-12-19-20(15-17)29-14-6-13-28-19)25-22(16-7-2-1-3-8-16)23-24-18-9-4-5-10-21(18)30-23/h1-5,7-12,15,22,25H,6,13-14H2/t22-/m1/s1. The van der Waals surface area contributed by atoms with Crippen LogP contribution in [0.3, 0.4) is 0 Å². The maximum atomic E-state index is 13.3. The van der Waals surface area contributed by atoms with Crippen LogP contribution in [0.15, 0.2) is 77.7 Å². The molecule has 0 fully saturated rings. The van der Waals surface area contributed by atoms with E-state index in [2.05, 4.69) is 4.72 Å². The number of rotatable bonds is 5. The van der Waals surface area contributed by atoms with E-state index in [0.29, 0.717) is 29.7 Å². The van der Waals surface area contributed by atoms with Crippen LogP contribution < -0.4 is 14.2 Å². The molecule has 0 saturated heterocycles. The van der Waals surface area contributed by atoms with Crippen molar-refractivity contribution >= 4 is 31.6 Å². The highest BCUT2D eigenvalue weighted by Gasteiger charge is 2.27. The van der Waals surface area contributed by atoms with Crippen LogP contribution >= 0.6 is 11.3 Å². The monoisotopic (exact) mass is 452 g/mol. The van der Waals surface area contributed by atoms with Crippen LogP contribution in [0.2, 0.25) is 0 Å². The summed E-state index contributed by atoms with van der Waals surface area (Å²) in [6.07, 6.45) is 0.753. The Morgan fingerprint density at radius 1 is 0.903 bits per heavy atom. The predicted octanol–water partition coefficient (Wildman–Crippen LogP) is 4.53. The van der Waals surface area contributed by atoms with Gasteiger partial charge in [0.15, 0.2) is 11.5 Å². The van der Waals surface area contributed by atoms with Crippen molar-refractivity contribution < 1.29 is 17.9 Å². The van der Waals surface area contributed by atoms with E-state index in [0.717, 1.165) is 22.2 Å². The van der Waals surface area contributed by atoms with Crippen molar-refractivity contribution in [3.8, 4) is 11.5 Å². The average Bonchev–Trinajstić information content (AvgIpc) is 3.08. The summed E-state index contributed by atoms with van der Waals surface area (Å²) in [5.41, 5.74) is 1.66. The SMILES string of the molecule is O=S(=O)(N[C@H](c1ccccc1)c1nc2ccccc2s1)c1ccc2c(c1)OCCCO2. The Balaban J connectivity index is 1.54. The van der Waals surface area contributed by atoms with Crippen molar-refractivity contribution in [1.82, 2.24) is 9.71 Å². The fourth-order valence-corrected chi connectivity index (χ4v) is 5.78. The first-order valence-electron chi connectivity index (χ1n) is 9.92. The third-order valence-electron chi connectivity index (χ3n) is 4.99. The lowest BCUT2D eigenvalue weighted by molar-refractivity contribution is 0.297. The average molecular weight is 453 g/mol. The van der Waals surface area contributed by atoms with Gasteiger partial charge in [-0.1, -0.05) is 42.5 Å². The first-order valence-corrected chi connectivity index (χ1v) is 12.2. The molecule has 0 saturated carbocycles. The lowest BCUT2D eigenvalue weighted by Crippen LogP contribution is -2.29. The summed E-state index contributed by atoms with van der Waals surface area (Å²) < 4.78 is 41.8. The molecule has 6 nitrogen and oxygen atoms in total. The van der Waals surface area contributed by atoms with Crippen molar-refractivity contribution in [1.29, 1.82) is 0 Å². The van der Waals surface area contributed by atoms with Crippen molar-refractivity contribution in [2.45, 2.75) is 17.4 Å². The number of ether oxygens (including phenoxy) is 2. The van der Waals surface area contributed by atoms with Gasteiger partial charge in [0, 0.05) is 12.5 Å². The molecule has 5 rings (SSSR count). The number of sulfonamides is 1. The Labute approximate surface area is 184 Å². The third-order valence-corrected chi connectivity index (χ3v) is 7.51. The van der Waals surface area contributed by atoms with Gasteiger partial charge in [-0.3, -0.25) is 0 Å². The molecule has 1 aliphatic heterocycles. The molecule has 0 bridgehead atoms. The smallest absolute Gasteiger partial charge is 0.241 e.